The second-order valence-corrected chi connectivity index (χ2v) is 11.4. The molecule has 1 aliphatic heterocycles. The van der Waals surface area contributed by atoms with Crippen molar-refractivity contribution in [2.24, 2.45) is 5.92 Å². The lowest BCUT2D eigenvalue weighted by atomic mass is 9.98. The number of aromatic hydroxyl groups is 1. The van der Waals surface area contributed by atoms with Crippen molar-refractivity contribution in [2.75, 3.05) is 38.5 Å². The summed E-state index contributed by atoms with van der Waals surface area (Å²) in [6.45, 7) is 5.27. The first kappa shape index (κ1) is 26.1. The van der Waals surface area contributed by atoms with Gasteiger partial charge in [-0.05, 0) is 73.0 Å². The van der Waals surface area contributed by atoms with Crippen LogP contribution in [0.15, 0.2) is 60.8 Å². The number of carbonyl (C=O) groups is 1. The Morgan fingerprint density at radius 1 is 0.974 bits per heavy atom. The summed E-state index contributed by atoms with van der Waals surface area (Å²) in [6.07, 6.45) is 3.53. The van der Waals surface area contributed by atoms with E-state index >= 15 is 0 Å². The van der Waals surface area contributed by atoms with Gasteiger partial charge < -0.3 is 15.3 Å². The van der Waals surface area contributed by atoms with E-state index in [1.165, 1.54) is 5.56 Å². The largest absolute Gasteiger partial charge is 0.505 e. The number of rotatable bonds is 7. The molecule has 4 aromatic rings. The molecule has 0 spiro atoms. The van der Waals surface area contributed by atoms with Gasteiger partial charge in [0.15, 0.2) is 11.5 Å². The van der Waals surface area contributed by atoms with E-state index in [4.69, 9.17) is 23.2 Å². The number of hydrogen-bond acceptors (Lipinski definition) is 6. The molecule has 8 heteroatoms. The summed E-state index contributed by atoms with van der Waals surface area (Å²) in [6, 6.07) is 17.7. The fourth-order valence-corrected chi connectivity index (χ4v) is 5.58. The van der Waals surface area contributed by atoms with Crippen LogP contribution in [0, 0.1) is 5.92 Å². The Hall–Kier alpha value is -3.16. The highest BCUT2D eigenvalue weighted by Gasteiger charge is 2.32. The Kier molecular flexibility index (Phi) is 7.21. The second kappa shape index (κ2) is 10.8. The van der Waals surface area contributed by atoms with Crippen molar-refractivity contribution in [3.05, 3.63) is 82.0 Å². The van der Waals surface area contributed by atoms with Crippen molar-refractivity contribution in [1.29, 1.82) is 0 Å². The first-order valence-electron chi connectivity index (χ1n) is 13.3. The summed E-state index contributed by atoms with van der Waals surface area (Å²) in [5.41, 5.74) is 5.93. The highest BCUT2D eigenvalue weighted by Crippen LogP contribution is 2.40. The van der Waals surface area contributed by atoms with Gasteiger partial charge in [-0.3, -0.25) is 14.7 Å². The number of nitrogens with zero attached hydrogens (tertiary/aromatic N) is 3. The van der Waals surface area contributed by atoms with Crippen LogP contribution >= 0.6 is 23.2 Å². The zero-order valence-electron chi connectivity index (χ0n) is 21.8. The standard InChI is InChI=1S/C31H30Cl2N4O2/c1-36-10-12-37(13-11-36)18-19-2-7-23(8-3-19)35-29-24-14-21(22-15-26(32)31(39)27(33)16-22)6-9-28(24)34-17-25(29)30(38)20-4-5-20/h2-3,6-9,14-17,20,39H,4-5,10-13,18H2,1H3,(H,34,35). The van der Waals surface area contributed by atoms with Crippen molar-refractivity contribution in [3.63, 3.8) is 0 Å². The summed E-state index contributed by atoms with van der Waals surface area (Å²) in [5, 5.41) is 14.8. The third-order valence-electron chi connectivity index (χ3n) is 7.66. The van der Waals surface area contributed by atoms with Crippen LogP contribution in [-0.4, -0.2) is 58.9 Å². The third-order valence-corrected chi connectivity index (χ3v) is 8.23. The fraction of sp³-hybridized carbons (Fsp3) is 0.290. The number of anilines is 2. The summed E-state index contributed by atoms with van der Waals surface area (Å²) < 4.78 is 0. The molecule has 2 N–H and O–H groups in total. The molecule has 1 saturated heterocycles. The maximum Gasteiger partial charge on any atom is 0.169 e. The number of likely N-dealkylation sites (N-methyl/N-ethyl adjacent to an activating group) is 1. The first-order valence-corrected chi connectivity index (χ1v) is 14.0. The van der Waals surface area contributed by atoms with Gasteiger partial charge in [0.2, 0.25) is 0 Å². The maximum atomic E-state index is 13.3. The number of nitrogens with one attached hydrogen (secondary N) is 1. The summed E-state index contributed by atoms with van der Waals surface area (Å²) >= 11 is 12.4. The van der Waals surface area contributed by atoms with Gasteiger partial charge in [0.05, 0.1) is 26.8 Å². The zero-order chi connectivity index (χ0) is 27.1. The van der Waals surface area contributed by atoms with E-state index in [0.717, 1.165) is 79.0 Å². The molecule has 1 aromatic heterocycles. The van der Waals surface area contributed by atoms with Crippen LogP contribution in [0.3, 0.4) is 0 Å². The lowest BCUT2D eigenvalue weighted by molar-refractivity contribution is 0.0968. The monoisotopic (exact) mass is 560 g/mol. The van der Waals surface area contributed by atoms with Crippen molar-refractivity contribution in [1.82, 2.24) is 14.8 Å². The summed E-state index contributed by atoms with van der Waals surface area (Å²) in [7, 11) is 2.17. The van der Waals surface area contributed by atoms with Crippen LogP contribution in [0.25, 0.3) is 22.0 Å². The molecule has 0 atom stereocenters. The Morgan fingerprint density at radius 3 is 2.33 bits per heavy atom. The molecule has 0 unspecified atom stereocenters. The lowest BCUT2D eigenvalue weighted by Gasteiger charge is -2.32. The Balaban J connectivity index is 1.35. The molecule has 2 aliphatic rings. The molecular formula is C31H30Cl2N4O2. The highest BCUT2D eigenvalue weighted by atomic mass is 35.5. The van der Waals surface area contributed by atoms with Gasteiger partial charge in [0.25, 0.3) is 0 Å². The van der Waals surface area contributed by atoms with Crippen LogP contribution in [0.2, 0.25) is 10.0 Å². The van der Waals surface area contributed by atoms with E-state index < -0.39 is 0 Å². The number of benzene rings is 3. The van der Waals surface area contributed by atoms with Gasteiger partial charge in [-0.2, -0.15) is 0 Å². The molecule has 1 saturated carbocycles. The third kappa shape index (κ3) is 5.61. The maximum absolute atomic E-state index is 13.3. The molecule has 6 nitrogen and oxygen atoms in total. The quantitative estimate of drug-likeness (QED) is 0.237. The molecule has 2 fully saturated rings. The van der Waals surface area contributed by atoms with Gasteiger partial charge >= 0.3 is 0 Å². The highest BCUT2D eigenvalue weighted by molar-refractivity contribution is 6.37. The Bertz CT molecular complexity index is 1520. The molecule has 0 radical (unpaired) electrons. The number of phenols is 1. The number of piperazine rings is 1. The number of Topliss-reactive ketones (excluding diaryl/α,β-unsaturated/α-hetero) is 1. The van der Waals surface area contributed by atoms with Crippen LogP contribution in [0.1, 0.15) is 28.8 Å². The molecule has 200 valence electrons. The predicted molar refractivity (Wildman–Crippen MR) is 158 cm³/mol. The summed E-state index contributed by atoms with van der Waals surface area (Å²) in [5.74, 6) is 0.0497. The van der Waals surface area contributed by atoms with E-state index in [1.807, 2.05) is 18.2 Å². The minimum atomic E-state index is -0.139. The SMILES string of the molecule is CN1CCN(Cc2ccc(Nc3c(C(=O)C4CC4)cnc4ccc(-c5cc(Cl)c(O)c(Cl)c5)cc34)cc2)CC1. The number of aromatic nitrogens is 1. The van der Waals surface area contributed by atoms with E-state index in [1.54, 1.807) is 18.3 Å². The number of halogens is 2. The van der Waals surface area contributed by atoms with Crippen molar-refractivity contribution in [2.45, 2.75) is 19.4 Å². The number of carbonyl (C=O) groups excluding carboxylic acids is 1. The second-order valence-electron chi connectivity index (χ2n) is 10.6. The van der Waals surface area contributed by atoms with Crippen molar-refractivity contribution < 1.29 is 9.90 Å². The van der Waals surface area contributed by atoms with E-state index in [0.29, 0.717) is 5.56 Å². The normalized spacial score (nSPS) is 16.5. The smallest absolute Gasteiger partial charge is 0.169 e. The molecule has 3 aromatic carbocycles. The van der Waals surface area contributed by atoms with Gasteiger partial charge in [0, 0.05) is 55.9 Å². The van der Waals surface area contributed by atoms with E-state index in [2.05, 4.69) is 51.4 Å². The van der Waals surface area contributed by atoms with E-state index in [9.17, 15) is 9.90 Å². The molecular weight excluding hydrogens is 531 g/mol. The Labute approximate surface area is 238 Å². The average Bonchev–Trinajstić information content (AvgIpc) is 3.79. The van der Waals surface area contributed by atoms with Crippen LogP contribution in [0.5, 0.6) is 5.75 Å². The molecule has 0 amide bonds. The number of phenolic OH excluding ortho intramolecular Hbond substituents is 1. The Morgan fingerprint density at radius 2 is 1.67 bits per heavy atom. The van der Waals surface area contributed by atoms with Gasteiger partial charge in [0.1, 0.15) is 0 Å². The zero-order valence-corrected chi connectivity index (χ0v) is 23.3. The fourth-order valence-electron chi connectivity index (χ4n) is 5.09. The van der Waals surface area contributed by atoms with Crippen LogP contribution in [-0.2, 0) is 6.54 Å². The number of ketones is 1. The lowest BCUT2D eigenvalue weighted by Crippen LogP contribution is -2.43. The minimum Gasteiger partial charge on any atom is -0.505 e. The first-order chi connectivity index (χ1) is 18.9. The van der Waals surface area contributed by atoms with Crippen molar-refractivity contribution in [3.8, 4) is 16.9 Å². The molecule has 2 heterocycles. The van der Waals surface area contributed by atoms with Gasteiger partial charge in [-0.15, -0.1) is 0 Å². The van der Waals surface area contributed by atoms with Gasteiger partial charge in [-0.25, -0.2) is 0 Å². The van der Waals surface area contributed by atoms with Crippen molar-refractivity contribution >= 4 is 51.3 Å². The molecule has 0 bridgehead atoms. The minimum absolute atomic E-state index is 0.0636. The summed E-state index contributed by atoms with van der Waals surface area (Å²) in [4.78, 5) is 22.8. The predicted octanol–water partition coefficient (Wildman–Crippen LogP) is 7.00. The van der Waals surface area contributed by atoms with Crippen LogP contribution < -0.4 is 5.32 Å². The molecule has 6 rings (SSSR count). The van der Waals surface area contributed by atoms with Crippen LogP contribution in [0.4, 0.5) is 11.4 Å². The van der Waals surface area contributed by atoms with E-state index in [-0.39, 0.29) is 27.5 Å². The molecule has 1 aliphatic carbocycles. The molecule has 39 heavy (non-hydrogen) atoms. The average molecular weight is 562 g/mol. The number of pyridine rings is 1. The number of hydrogen-bond donors (Lipinski definition) is 2. The topological polar surface area (TPSA) is 68.7 Å². The number of fused-ring (bicyclic) bond motifs is 1. The van der Waals surface area contributed by atoms with Gasteiger partial charge in [-0.1, -0.05) is 41.4 Å².